The van der Waals surface area contributed by atoms with Crippen LogP contribution in [0.4, 0.5) is 0 Å². The second-order valence-electron chi connectivity index (χ2n) is 9.07. The Morgan fingerprint density at radius 3 is 1.64 bits per heavy atom. The van der Waals surface area contributed by atoms with Crippen LogP contribution in [0.2, 0.25) is 0 Å². The quantitative estimate of drug-likeness (QED) is 0.205. The molecule has 206 valence electrons. The van der Waals surface area contributed by atoms with Gasteiger partial charge in [0.25, 0.3) is 0 Å². The summed E-state index contributed by atoms with van der Waals surface area (Å²) in [7, 11) is 0. The molecule has 0 aliphatic heterocycles. The number of furan rings is 1. The Hall–Kier alpha value is -6.07. The second-order valence-corrected chi connectivity index (χ2v) is 9.07. The molecule has 0 aliphatic rings. The first-order chi connectivity index (χ1) is 31.8. The third kappa shape index (κ3) is 3.76. The van der Waals surface area contributed by atoms with Gasteiger partial charge in [-0.1, -0.05) is 121 Å². The normalized spacial score (nSPS) is 19.3. The Morgan fingerprint density at radius 2 is 1.00 bits per heavy atom. The minimum absolute atomic E-state index is 0.419. The Morgan fingerprint density at radius 1 is 0.477 bits per heavy atom. The predicted octanol–water partition coefficient (Wildman–Crippen LogP) is 9.87. The van der Waals surface area contributed by atoms with E-state index in [4.69, 9.17) is 33.2 Å². The van der Waals surface area contributed by atoms with E-state index in [0.29, 0.717) is 0 Å². The molecule has 9 aromatic rings. The van der Waals surface area contributed by atoms with Crippen LogP contribution in [0.15, 0.2) is 149 Å². The van der Waals surface area contributed by atoms with Crippen LogP contribution in [0.25, 0.3) is 83.6 Å². The number of hydrogen-bond donors (Lipinski definition) is 0. The zero-order valence-electron chi connectivity index (χ0n) is 45.7. The summed E-state index contributed by atoms with van der Waals surface area (Å²) in [6.07, 6.45) is 0. The van der Waals surface area contributed by atoms with Gasteiger partial charge in [0.05, 0.1) is 49.6 Å². The fourth-order valence-corrected chi connectivity index (χ4v) is 4.87. The molecule has 0 radical (unpaired) electrons. The number of fused-ring (bicyclic) bond motifs is 6. The smallest absolute Gasteiger partial charge is 0.164 e. The lowest BCUT2D eigenvalue weighted by atomic mass is 10.0. The Labute approximate surface area is 286 Å². The second kappa shape index (κ2) is 9.75. The van der Waals surface area contributed by atoms with Crippen molar-refractivity contribution in [3.05, 3.63) is 145 Å². The van der Waals surface area contributed by atoms with Crippen molar-refractivity contribution in [2.24, 2.45) is 0 Å². The van der Waals surface area contributed by atoms with Gasteiger partial charge in [-0.2, -0.15) is 0 Å². The molecule has 0 saturated heterocycles. The van der Waals surface area contributed by atoms with E-state index in [1.54, 1.807) is 0 Å². The lowest BCUT2D eigenvalue weighted by Gasteiger charge is -2.09. The lowest BCUT2D eigenvalue weighted by Crippen LogP contribution is -2.00. The molecule has 0 unspecified atom stereocenters. The first kappa shape index (κ1) is 10.6. The largest absolute Gasteiger partial charge is 0.454 e. The lowest BCUT2D eigenvalue weighted by molar-refractivity contribution is 0.666. The van der Waals surface area contributed by atoms with Crippen LogP contribution in [-0.2, 0) is 0 Å². The Balaban J connectivity index is 1.53. The average molecular weight is 589 g/mol. The predicted molar refractivity (Wildman–Crippen MR) is 178 cm³/mol. The molecule has 0 aliphatic carbocycles. The van der Waals surface area contributed by atoms with E-state index >= 15 is 0 Å². The highest BCUT2D eigenvalue weighted by Crippen LogP contribution is 2.41. The molecule has 0 bridgehead atoms. The van der Waals surface area contributed by atoms with Crippen molar-refractivity contribution in [1.29, 1.82) is 0 Å². The minimum Gasteiger partial charge on any atom is -0.454 e. The number of benzene rings is 6. The van der Waals surface area contributed by atoms with E-state index in [0.717, 1.165) is 4.57 Å². The summed E-state index contributed by atoms with van der Waals surface area (Å²) in [6.45, 7) is 0. The van der Waals surface area contributed by atoms with Crippen LogP contribution in [0, 0.1) is 0 Å². The highest BCUT2D eigenvalue weighted by atomic mass is 16.3. The van der Waals surface area contributed by atoms with Gasteiger partial charge in [-0.15, -0.1) is 0 Å². The van der Waals surface area contributed by atoms with Gasteiger partial charge in [0.15, 0.2) is 23.1 Å². The SMILES string of the molecule is [2H]c1c([2H])c([2H])c(-c2nc(-c3c([2H])c([2H])c([2H])c([2H])c3[2H])nc(-c3c([2H])c([2H])c([2H])c4oc5c(-n6c7c([2H])c([2H])c([2H])c([2H])c7c7c([2H])c([2H])c([2H])c([2H])c76)c([2H])c([2H])c([2H])c5c34)n2)c([2H])c1[2H]. The molecular formula is C39H24N4O. The molecule has 0 spiro atoms. The summed E-state index contributed by atoms with van der Waals surface area (Å²) in [4.78, 5) is 12.9. The van der Waals surface area contributed by atoms with Gasteiger partial charge in [-0.3, -0.25) is 0 Å². The molecule has 0 fully saturated rings. The summed E-state index contributed by atoms with van der Waals surface area (Å²) in [5, 5.41) is -1.89. The monoisotopic (exact) mass is 588 g/mol. The maximum Gasteiger partial charge on any atom is 0.164 e. The molecule has 0 saturated carbocycles. The van der Waals surface area contributed by atoms with Crippen LogP contribution < -0.4 is 0 Å². The molecule has 44 heavy (non-hydrogen) atoms. The zero-order chi connectivity index (χ0) is 49.9. The van der Waals surface area contributed by atoms with Gasteiger partial charge in [-0.05, 0) is 24.2 Å². The van der Waals surface area contributed by atoms with Crippen LogP contribution in [0.1, 0.15) is 32.9 Å². The topological polar surface area (TPSA) is 56.7 Å². The molecule has 0 N–H and O–H groups in total. The van der Waals surface area contributed by atoms with Gasteiger partial charge in [0, 0.05) is 38.2 Å². The number of hydrogen-bond acceptors (Lipinski definition) is 4. The van der Waals surface area contributed by atoms with Crippen LogP contribution >= 0.6 is 0 Å². The van der Waals surface area contributed by atoms with Crippen molar-refractivity contribution >= 4 is 43.7 Å². The molecule has 3 aromatic heterocycles. The van der Waals surface area contributed by atoms with Gasteiger partial charge in [-0.25, -0.2) is 15.0 Å². The standard InChI is InChI=1S/C39H24N4O/c1-3-13-25(14-4-1)37-40-38(26-15-5-2-6-16-26)42-39(41-37)30-20-12-24-34-35(30)29-19-11-23-33(36(29)44-34)43-31-21-9-7-17-27(31)28-18-8-10-22-32(28)43/h1-24H/i1D,2D,3D,4D,5D,6D,7D,8D,9D,10D,11D,12D,13D,14D,15D,16D,17D,18D,19D,20D,21D,22D,23D,24D. The van der Waals surface area contributed by atoms with E-state index in [9.17, 15) is 4.11 Å². The Bertz CT molecular complexity index is 3640. The van der Waals surface area contributed by atoms with Gasteiger partial charge >= 0.3 is 0 Å². The highest BCUT2D eigenvalue weighted by Gasteiger charge is 2.21. The van der Waals surface area contributed by atoms with Crippen LogP contribution in [0.5, 0.6) is 0 Å². The highest BCUT2D eigenvalue weighted by molar-refractivity contribution is 6.15. The Kier molecular flexibility index (Phi) is 2.34. The summed E-state index contributed by atoms with van der Waals surface area (Å²) >= 11 is 0. The fourth-order valence-electron chi connectivity index (χ4n) is 4.87. The molecule has 0 amide bonds. The van der Waals surface area contributed by atoms with Crippen molar-refractivity contribution in [1.82, 2.24) is 19.5 Å². The molecule has 5 heteroatoms. The van der Waals surface area contributed by atoms with E-state index in [2.05, 4.69) is 15.0 Å². The first-order valence-corrected chi connectivity index (χ1v) is 12.7. The van der Waals surface area contributed by atoms with E-state index in [1.807, 2.05) is 0 Å². The zero-order valence-corrected chi connectivity index (χ0v) is 21.7. The number of para-hydroxylation sites is 3. The van der Waals surface area contributed by atoms with E-state index in [1.165, 1.54) is 0 Å². The van der Waals surface area contributed by atoms with Crippen molar-refractivity contribution in [2.45, 2.75) is 0 Å². The number of rotatable bonds is 4. The van der Waals surface area contributed by atoms with Crippen molar-refractivity contribution in [3.8, 4) is 39.9 Å². The van der Waals surface area contributed by atoms with E-state index < -0.39 is 229 Å². The summed E-state index contributed by atoms with van der Waals surface area (Å²) in [5.41, 5.74) is -4.99. The molecular weight excluding hydrogens is 540 g/mol. The fraction of sp³-hybridized carbons (Fsp3) is 0. The van der Waals surface area contributed by atoms with E-state index in [-0.39, 0.29) is 0 Å². The van der Waals surface area contributed by atoms with Crippen molar-refractivity contribution in [3.63, 3.8) is 0 Å². The molecule has 9 rings (SSSR count). The summed E-state index contributed by atoms with van der Waals surface area (Å²) in [5.74, 6) is -2.33. The maximum atomic E-state index is 9.26. The molecule has 6 aromatic carbocycles. The third-order valence-corrected chi connectivity index (χ3v) is 6.67. The van der Waals surface area contributed by atoms with Crippen molar-refractivity contribution in [2.75, 3.05) is 0 Å². The minimum atomic E-state index is -0.930. The maximum absolute atomic E-state index is 9.26. The van der Waals surface area contributed by atoms with Crippen LogP contribution in [-0.4, -0.2) is 19.5 Å². The summed E-state index contributed by atoms with van der Waals surface area (Å²) < 4.78 is 216. The molecule has 5 nitrogen and oxygen atoms in total. The third-order valence-electron chi connectivity index (χ3n) is 6.67. The van der Waals surface area contributed by atoms with Crippen LogP contribution in [0.3, 0.4) is 0 Å². The van der Waals surface area contributed by atoms with Crippen molar-refractivity contribution < 1.29 is 37.3 Å². The summed E-state index contributed by atoms with van der Waals surface area (Å²) in [6, 6.07) is -20.1. The molecule has 3 heterocycles. The van der Waals surface area contributed by atoms with Gasteiger partial charge < -0.3 is 8.98 Å². The number of nitrogens with zero attached hydrogens (tertiary/aromatic N) is 4. The molecule has 0 atom stereocenters. The van der Waals surface area contributed by atoms with Gasteiger partial charge in [0.1, 0.15) is 5.58 Å². The number of aromatic nitrogens is 4. The first-order valence-electron chi connectivity index (χ1n) is 24.7. The average Bonchev–Trinajstić information content (AvgIpc) is 3.88. The van der Waals surface area contributed by atoms with Gasteiger partial charge in [0.2, 0.25) is 0 Å².